The van der Waals surface area contributed by atoms with Crippen molar-refractivity contribution in [1.82, 2.24) is 19.9 Å². The van der Waals surface area contributed by atoms with Crippen molar-refractivity contribution in [3.05, 3.63) is 206 Å². The third-order valence-electron chi connectivity index (χ3n) is 15.4. The normalized spacial score (nSPS) is 11.7. The molecule has 11 heterocycles. The molecular formula is C72H60N4O2. The van der Waals surface area contributed by atoms with Gasteiger partial charge >= 0.3 is 0 Å². The zero-order valence-corrected chi connectivity index (χ0v) is 44.3. The summed E-state index contributed by atoms with van der Waals surface area (Å²) in [4.78, 5) is 21.3. The maximum Gasteiger partial charge on any atom is 0.120 e. The lowest BCUT2D eigenvalue weighted by Gasteiger charge is -2.08. The number of hydrogen-bond donors (Lipinski definition) is 0. The van der Waals surface area contributed by atoms with Crippen molar-refractivity contribution in [1.29, 1.82) is 0 Å². The topological polar surface area (TPSA) is 70.0 Å². The summed E-state index contributed by atoms with van der Waals surface area (Å²) in [5.74, 6) is 1.74. The third-order valence-corrected chi connectivity index (χ3v) is 15.4. The van der Waals surface area contributed by atoms with Crippen molar-refractivity contribution in [2.75, 3.05) is 13.2 Å². The smallest absolute Gasteiger partial charge is 0.120 e. The van der Waals surface area contributed by atoms with Crippen LogP contribution < -0.4 is 9.47 Å². The van der Waals surface area contributed by atoms with E-state index >= 15 is 0 Å². The van der Waals surface area contributed by atoms with Crippen molar-refractivity contribution >= 4 is 130 Å². The maximum absolute atomic E-state index is 6.50. The van der Waals surface area contributed by atoms with E-state index < -0.39 is 0 Å². The molecule has 78 heavy (non-hydrogen) atoms. The number of nitrogens with zero attached hydrogens (tertiary/aromatic N) is 4. The van der Waals surface area contributed by atoms with E-state index in [-0.39, 0.29) is 0 Å². The molecule has 0 atom stereocenters. The molecule has 20 bridgehead atoms. The Hall–Kier alpha value is -9.00. The molecule has 0 radical (unpaired) electrons. The van der Waals surface area contributed by atoms with Gasteiger partial charge < -0.3 is 9.47 Å². The van der Waals surface area contributed by atoms with E-state index in [9.17, 15) is 0 Å². The van der Waals surface area contributed by atoms with Crippen LogP contribution in [-0.4, -0.2) is 33.1 Å². The number of aromatic nitrogens is 4. The minimum absolute atomic E-state index is 0.682. The van der Waals surface area contributed by atoms with Gasteiger partial charge in [-0.2, -0.15) is 0 Å². The summed E-state index contributed by atoms with van der Waals surface area (Å²) >= 11 is 0. The van der Waals surface area contributed by atoms with Crippen LogP contribution in [0.5, 0.6) is 11.5 Å². The zero-order valence-electron chi connectivity index (χ0n) is 44.3. The molecule has 0 N–H and O–H groups in total. The van der Waals surface area contributed by atoms with Crippen molar-refractivity contribution in [2.24, 2.45) is 0 Å². The van der Waals surface area contributed by atoms with E-state index in [1.54, 1.807) is 0 Å². The fourth-order valence-corrected chi connectivity index (χ4v) is 11.0. The average molecular weight is 1010 g/mol. The highest BCUT2D eigenvalue weighted by molar-refractivity contribution is 6.08. The molecule has 0 aliphatic rings. The fourth-order valence-electron chi connectivity index (χ4n) is 11.0. The molecule has 6 heteroatoms. The Labute approximate surface area is 453 Å². The van der Waals surface area contributed by atoms with E-state index in [2.05, 4.69) is 220 Å². The van der Waals surface area contributed by atoms with Crippen molar-refractivity contribution in [2.45, 2.75) is 65.2 Å². The summed E-state index contributed by atoms with van der Waals surface area (Å²) in [6.45, 7) is 5.84. The molecule has 0 saturated carbocycles. The number of pyridine rings is 4. The van der Waals surface area contributed by atoms with Gasteiger partial charge in [0, 0.05) is 43.1 Å². The van der Waals surface area contributed by atoms with Crippen LogP contribution in [0.4, 0.5) is 0 Å². The second-order valence-electron chi connectivity index (χ2n) is 20.8. The molecule has 6 nitrogen and oxygen atoms in total. The van der Waals surface area contributed by atoms with Crippen molar-refractivity contribution in [3.8, 4) is 11.5 Å². The largest absolute Gasteiger partial charge is 0.494 e. The fraction of sp³-hybridized carbons (Fsp3) is 0.167. The van der Waals surface area contributed by atoms with Gasteiger partial charge in [0.25, 0.3) is 0 Å². The van der Waals surface area contributed by atoms with Crippen LogP contribution in [0, 0.1) is 0 Å². The minimum atomic E-state index is 0.682. The van der Waals surface area contributed by atoms with Crippen LogP contribution in [0.15, 0.2) is 206 Å². The van der Waals surface area contributed by atoms with Crippen LogP contribution in [0.25, 0.3) is 130 Å². The lowest BCUT2D eigenvalue weighted by molar-refractivity contribution is 0.305. The van der Waals surface area contributed by atoms with E-state index in [1.165, 1.54) is 25.7 Å². The van der Waals surface area contributed by atoms with Gasteiger partial charge in [0.2, 0.25) is 0 Å². The van der Waals surface area contributed by atoms with E-state index in [0.29, 0.717) is 13.2 Å². The van der Waals surface area contributed by atoms with E-state index in [4.69, 9.17) is 29.4 Å². The van der Waals surface area contributed by atoms with Crippen LogP contribution in [-0.2, 0) is 0 Å². The van der Waals surface area contributed by atoms with Gasteiger partial charge in [0.1, 0.15) is 11.5 Å². The van der Waals surface area contributed by atoms with Gasteiger partial charge in [-0.1, -0.05) is 198 Å². The lowest BCUT2D eigenvalue weighted by Crippen LogP contribution is -1.97. The van der Waals surface area contributed by atoms with Crippen molar-refractivity contribution < 1.29 is 9.47 Å². The SMILES string of the molecule is CCCCCCOc1cc2cc(c1)c1ccc(cc1)c1ccc3ccc4ccc(nc4c3n1)c1ccc(cc1)c1cc(OCCCCCC)cc(c1)c1ccc(cc1)c1ccc3ccc4ccc(nc4c3n1)c1ccc2cc1. The molecule has 0 unspecified atom stereocenters. The first kappa shape index (κ1) is 48.6. The number of hydrogen-bond acceptors (Lipinski definition) is 6. The first-order valence-electron chi connectivity index (χ1n) is 27.9. The van der Waals surface area contributed by atoms with Gasteiger partial charge in [-0.15, -0.1) is 0 Å². The standard InChI is InChI=1S/C72H60N4O2/c1-3-5-7-9-39-77-63-43-59-41-60(44-63)48-13-21-52(22-14-48)66-36-32-56-28-30-58-34-38-68(76-72(58)70(56)74-66)54-25-17-50(18-26-54)62-42-61(45-64(46-62)78-40-10-8-6-4-2)49-15-23-53(24-16-49)67-37-33-57-29-27-55-31-35-65(73-69(55)71(57)75-67)51-19-11-47(59)12-20-51/h11-38,41-46H,3-10,39-40H2,1-2H3. The quantitative estimate of drug-likeness (QED) is 0.0897. The molecular weight excluding hydrogens is 953 g/mol. The molecule has 19 aromatic rings. The van der Waals surface area contributed by atoms with Crippen LogP contribution >= 0.6 is 0 Å². The summed E-state index contributed by atoms with van der Waals surface area (Å²) in [5.41, 5.74) is 7.14. The second kappa shape index (κ2) is 21.6. The lowest BCUT2D eigenvalue weighted by atomic mass is 10.0. The molecule has 0 amide bonds. The summed E-state index contributed by atoms with van der Waals surface area (Å²) in [7, 11) is 0. The molecule has 0 aliphatic heterocycles. The predicted molar refractivity (Wildman–Crippen MR) is 331 cm³/mol. The zero-order chi connectivity index (χ0) is 52.4. The highest BCUT2D eigenvalue weighted by Crippen LogP contribution is 2.32. The Balaban J connectivity index is 1.02. The van der Waals surface area contributed by atoms with Crippen LogP contribution in [0.1, 0.15) is 65.2 Å². The first-order chi connectivity index (χ1) is 38.5. The van der Waals surface area contributed by atoms with Gasteiger partial charge in [0.05, 0.1) is 57.3 Å². The minimum Gasteiger partial charge on any atom is -0.494 e. The molecule has 0 spiro atoms. The monoisotopic (exact) mass is 1010 g/mol. The predicted octanol–water partition coefficient (Wildman–Crippen LogP) is 19.8. The highest BCUT2D eigenvalue weighted by Gasteiger charge is 2.10. The van der Waals surface area contributed by atoms with Gasteiger partial charge in [-0.25, -0.2) is 19.9 Å². The summed E-state index contributed by atoms with van der Waals surface area (Å²) in [5, 5.41) is 17.2. The number of unbranched alkanes of at least 4 members (excludes halogenated alkanes) is 6. The Bertz CT molecular complexity index is 4030. The maximum atomic E-state index is 6.50. The van der Waals surface area contributed by atoms with Gasteiger partial charge in [-0.05, 0) is 117 Å². The van der Waals surface area contributed by atoms with E-state index in [1.807, 2.05) is 0 Å². The number of rotatable bonds is 12. The summed E-state index contributed by atoms with van der Waals surface area (Å²) in [6.07, 6.45) is 9.17. The Morgan fingerprint density at radius 2 is 0.462 bits per heavy atom. The molecule has 8 aromatic carbocycles. The molecule has 380 valence electrons. The molecule has 0 saturated heterocycles. The number of ether oxygens (including phenoxy) is 2. The van der Waals surface area contributed by atoms with Crippen LogP contribution in [0.2, 0.25) is 0 Å². The van der Waals surface area contributed by atoms with Crippen LogP contribution in [0.3, 0.4) is 0 Å². The first-order valence-corrected chi connectivity index (χ1v) is 27.9. The second-order valence-corrected chi connectivity index (χ2v) is 20.8. The Kier molecular flexibility index (Phi) is 13.4. The van der Waals surface area contributed by atoms with E-state index in [0.717, 1.165) is 167 Å². The number of benzene rings is 8. The molecule has 11 aromatic heterocycles. The Morgan fingerprint density at radius 1 is 0.231 bits per heavy atom. The molecule has 0 aliphatic carbocycles. The molecule has 19 rings (SSSR count). The molecule has 0 fully saturated rings. The van der Waals surface area contributed by atoms with Crippen molar-refractivity contribution in [3.63, 3.8) is 0 Å². The van der Waals surface area contributed by atoms with Gasteiger partial charge in [0.15, 0.2) is 0 Å². The highest BCUT2D eigenvalue weighted by atomic mass is 16.5. The average Bonchev–Trinajstić information content (AvgIpc) is 3.54. The Morgan fingerprint density at radius 3 is 0.718 bits per heavy atom. The summed E-state index contributed by atoms with van der Waals surface area (Å²) in [6, 6.07) is 74.0. The summed E-state index contributed by atoms with van der Waals surface area (Å²) < 4.78 is 13.0. The van der Waals surface area contributed by atoms with Gasteiger partial charge in [-0.3, -0.25) is 0 Å². The third kappa shape index (κ3) is 9.98.